The fourth-order valence-corrected chi connectivity index (χ4v) is 2.10. The summed E-state index contributed by atoms with van der Waals surface area (Å²) < 4.78 is 0. The summed E-state index contributed by atoms with van der Waals surface area (Å²) in [7, 11) is 2.76. The van der Waals surface area contributed by atoms with Crippen LogP contribution in [0.15, 0.2) is 11.3 Å². The predicted octanol–water partition coefficient (Wildman–Crippen LogP) is 1.03. The molecule has 0 bridgehead atoms. The van der Waals surface area contributed by atoms with Crippen molar-refractivity contribution in [1.29, 1.82) is 0 Å². The average Bonchev–Trinajstić information content (AvgIpc) is 2.77. The van der Waals surface area contributed by atoms with E-state index < -0.39 is 11.9 Å². The summed E-state index contributed by atoms with van der Waals surface area (Å²) in [5.74, 6) is -0.491. The number of amides is 3. The molecule has 1 saturated carbocycles. The highest BCUT2D eigenvalue weighted by molar-refractivity contribution is 6.03. The third-order valence-electron chi connectivity index (χ3n) is 3.08. The van der Waals surface area contributed by atoms with Crippen molar-refractivity contribution in [1.82, 2.24) is 9.91 Å². The lowest BCUT2D eigenvalue weighted by Crippen LogP contribution is -2.54. The molecule has 0 aromatic heterocycles. The molecule has 2 fully saturated rings. The van der Waals surface area contributed by atoms with Crippen molar-refractivity contribution >= 4 is 11.9 Å². The molecule has 1 heterocycles. The number of carbonyl (C=O) groups is 2. The zero-order valence-electron chi connectivity index (χ0n) is 9.39. The van der Waals surface area contributed by atoms with Gasteiger partial charge in [-0.1, -0.05) is 0 Å². The highest BCUT2D eigenvalue weighted by atomic mass is 16.3. The number of rotatable bonds is 0. The molecule has 0 atom stereocenters. The Hall–Kier alpha value is -1.72. The van der Waals surface area contributed by atoms with E-state index in [2.05, 4.69) is 0 Å². The highest BCUT2D eigenvalue weighted by Gasteiger charge is 2.48. The van der Waals surface area contributed by atoms with Gasteiger partial charge < -0.3 is 0 Å². The van der Waals surface area contributed by atoms with Gasteiger partial charge >= 0.3 is 17.6 Å². The smallest absolute Gasteiger partial charge is 0.261 e. The third kappa shape index (κ3) is 1.41. The van der Waals surface area contributed by atoms with Crippen LogP contribution in [0.1, 0.15) is 25.7 Å². The Labute approximate surface area is 93.0 Å². The van der Waals surface area contributed by atoms with Crippen molar-refractivity contribution in [3.63, 3.8) is 0 Å². The summed E-state index contributed by atoms with van der Waals surface area (Å²) in [6.07, 6.45) is 3.55. The number of imide groups is 1. The number of hydrogen-bond acceptors (Lipinski definition) is 3. The Balaban J connectivity index is 2.45. The largest absolute Gasteiger partial charge is 0.383 e. The summed E-state index contributed by atoms with van der Waals surface area (Å²) in [5, 5.41) is 0.919. The topological polar surface area (TPSA) is 60.7 Å². The SMILES string of the molecule is CN1C(=O)C(=C2CCCC2)[N+](=O)N(C)C1=O. The lowest BCUT2D eigenvalue weighted by Gasteiger charge is -2.22. The third-order valence-corrected chi connectivity index (χ3v) is 3.08. The number of nitroso groups, excluding NO2 is 1. The van der Waals surface area contributed by atoms with E-state index in [9.17, 15) is 14.5 Å². The molecule has 0 aromatic carbocycles. The minimum atomic E-state index is -0.595. The molecule has 6 nitrogen and oxygen atoms in total. The van der Waals surface area contributed by atoms with Gasteiger partial charge in [0.25, 0.3) is 0 Å². The molecule has 2 rings (SSSR count). The van der Waals surface area contributed by atoms with Crippen molar-refractivity contribution in [3.05, 3.63) is 16.2 Å². The monoisotopic (exact) mass is 224 g/mol. The van der Waals surface area contributed by atoms with Crippen molar-refractivity contribution < 1.29 is 14.5 Å². The van der Waals surface area contributed by atoms with E-state index >= 15 is 0 Å². The number of hydrazine groups is 1. The van der Waals surface area contributed by atoms with Crippen LogP contribution in [0.4, 0.5) is 4.79 Å². The predicted molar refractivity (Wildman–Crippen MR) is 55.1 cm³/mol. The first-order chi connectivity index (χ1) is 7.54. The molecule has 0 N–H and O–H groups in total. The van der Waals surface area contributed by atoms with E-state index in [1.165, 1.54) is 14.1 Å². The fourth-order valence-electron chi connectivity index (χ4n) is 2.10. The summed E-state index contributed by atoms with van der Waals surface area (Å²) >= 11 is 0. The van der Waals surface area contributed by atoms with Crippen LogP contribution in [-0.4, -0.2) is 40.8 Å². The molecule has 86 valence electrons. The summed E-state index contributed by atoms with van der Waals surface area (Å²) in [4.78, 5) is 36.5. The van der Waals surface area contributed by atoms with Crippen LogP contribution >= 0.6 is 0 Å². The highest BCUT2D eigenvalue weighted by Crippen LogP contribution is 2.29. The standard InChI is InChI=1S/C10H14N3O3/c1-11-9(14)8(7-5-3-4-6-7)13(16)12(2)10(11)15/h3-6H2,1-2H3/q+1. The molecule has 1 saturated heterocycles. The molecule has 1 aliphatic carbocycles. The summed E-state index contributed by atoms with van der Waals surface area (Å²) in [5.41, 5.74) is 0.994. The van der Waals surface area contributed by atoms with E-state index in [1.54, 1.807) is 0 Å². The van der Waals surface area contributed by atoms with Crippen LogP contribution in [0.3, 0.4) is 0 Å². The number of hydrogen-bond donors (Lipinski definition) is 0. The zero-order valence-corrected chi connectivity index (χ0v) is 9.39. The Morgan fingerprint density at radius 3 is 2.25 bits per heavy atom. The van der Waals surface area contributed by atoms with Gasteiger partial charge in [-0.3, -0.25) is 9.69 Å². The van der Waals surface area contributed by atoms with Gasteiger partial charge in [0, 0.05) is 12.6 Å². The Bertz CT molecular complexity index is 380. The van der Waals surface area contributed by atoms with Gasteiger partial charge in [-0.25, -0.2) is 4.79 Å². The Morgan fingerprint density at radius 2 is 1.69 bits per heavy atom. The van der Waals surface area contributed by atoms with Gasteiger partial charge in [0.05, 0.1) is 12.0 Å². The molecule has 3 amide bonds. The van der Waals surface area contributed by atoms with Crippen LogP contribution in [0.2, 0.25) is 0 Å². The second-order valence-corrected chi connectivity index (χ2v) is 4.10. The van der Waals surface area contributed by atoms with Gasteiger partial charge in [0.15, 0.2) is 4.87 Å². The first-order valence-corrected chi connectivity index (χ1v) is 5.29. The van der Waals surface area contributed by atoms with Crippen molar-refractivity contribution in [3.8, 4) is 0 Å². The van der Waals surface area contributed by atoms with Crippen LogP contribution in [-0.2, 0) is 4.79 Å². The van der Waals surface area contributed by atoms with Crippen molar-refractivity contribution in [2.75, 3.05) is 14.1 Å². The number of urea groups is 1. The van der Waals surface area contributed by atoms with Gasteiger partial charge in [-0.15, -0.1) is 0 Å². The molecule has 6 heteroatoms. The maximum Gasteiger partial charge on any atom is 0.383 e. The van der Waals surface area contributed by atoms with Crippen LogP contribution in [0.5, 0.6) is 0 Å². The molecule has 16 heavy (non-hydrogen) atoms. The number of nitrogens with zero attached hydrogens (tertiary/aromatic N) is 3. The van der Waals surface area contributed by atoms with E-state index in [4.69, 9.17) is 0 Å². The maximum absolute atomic E-state index is 11.9. The zero-order chi connectivity index (χ0) is 11.9. The van der Waals surface area contributed by atoms with E-state index in [1.807, 2.05) is 0 Å². The average molecular weight is 224 g/mol. The van der Waals surface area contributed by atoms with Gasteiger partial charge in [-0.05, 0) is 30.7 Å². The lowest BCUT2D eigenvalue weighted by atomic mass is 10.1. The van der Waals surface area contributed by atoms with Crippen LogP contribution in [0.25, 0.3) is 0 Å². The number of carbonyl (C=O) groups excluding carboxylic acids is 2. The van der Waals surface area contributed by atoms with Crippen molar-refractivity contribution in [2.24, 2.45) is 0 Å². The number of likely N-dealkylation sites (N-methyl/N-ethyl adjacent to an activating group) is 1. The van der Waals surface area contributed by atoms with E-state index in [0.717, 1.165) is 41.2 Å². The quantitative estimate of drug-likeness (QED) is 0.456. The fraction of sp³-hybridized carbons (Fsp3) is 0.600. The second-order valence-electron chi connectivity index (χ2n) is 4.10. The molecule has 0 unspecified atom stereocenters. The van der Waals surface area contributed by atoms with Crippen LogP contribution < -0.4 is 0 Å². The van der Waals surface area contributed by atoms with Gasteiger partial charge in [0.1, 0.15) is 0 Å². The minimum Gasteiger partial charge on any atom is -0.261 e. The van der Waals surface area contributed by atoms with Crippen LogP contribution in [0, 0.1) is 4.91 Å². The molecular formula is C10H14N3O3+. The molecule has 0 radical (unpaired) electrons. The maximum atomic E-state index is 11.9. The Kier molecular flexibility index (Phi) is 2.49. The van der Waals surface area contributed by atoms with E-state index in [0.29, 0.717) is 4.87 Å². The molecule has 2 aliphatic rings. The first kappa shape index (κ1) is 10.8. The van der Waals surface area contributed by atoms with Crippen molar-refractivity contribution in [2.45, 2.75) is 25.7 Å². The summed E-state index contributed by atoms with van der Waals surface area (Å²) in [6, 6.07) is -0.595. The Morgan fingerprint density at radius 1 is 1.12 bits per heavy atom. The molecule has 0 aromatic rings. The lowest BCUT2D eigenvalue weighted by molar-refractivity contribution is -0.641. The molecular weight excluding hydrogens is 210 g/mol. The number of allylic oxidation sites excluding steroid dienone is 1. The normalized spacial score (nSPS) is 22.5. The minimum absolute atomic E-state index is 0.127. The first-order valence-electron chi connectivity index (χ1n) is 5.29. The molecule has 1 aliphatic heterocycles. The van der Waals surface area contributed by atoms with E-state index in [-0.39, 0.29) is 5.70 Å². The van der Waals surface area contributed by atoms with Gasteiger partial charge in [-0.2, -0.15) is 0 Å². The summed E-state index contributed by atoms with van der Waals surface area (Å²) in [6.45, 7) is 0. The van der Waals surface area contributed by atoms with Gasteiger partial charge in [0.2, 0.25) is 0 Å². The second kappa shape index (κ2) is 3.70. The molecule has 0 spiro atoms.